The summed E-state index contributed by atoms with van der Waals surface area (Å²) in [5.41, 5.74) is 1.76. The molecule has 2 aromatic carbocycles. The molecule has 1 aromatic heterocycles. The molecule has 1 aliphatic rings. The van der Waals surface area contributed by atoms with Gasteiger partial charge in [-0.2, -0.15) is 4.31 Å². The first-order valence-electron chi connectivity index (χ1n) is 11.2. The van der Waals surface area contributed by atoms with Gasteiger partial charge in [0, 0.05) is 22.5 Å². The van der Waals surface area contributed by atoms with E-state index in [-0.39, 0.29) is 33.2 Å². The molecular weight excluding hydrogens is 530 g/mol. The first-order chi connectivity index (χ1) is 16.6. The van der Waals surface area contributed by atoms with Crippen LogP contribution < -0.4 is 0 Å². The third-order valence-corrected chi connectivity index (χ3v) is 10.00. The van der Waals surface area contributed by atoms with E-state index in [0.717, 1.165) is 11.1 Å². The zero-order chi connectivity index (χ0) is 25.3. The molecule has 3 aromatic rings. The largest absolute Gasteiger partial charge is 0.330 e. The van der Waals surface area contributed by atoms with Crippen molar-refractivity contribution in [3.63, 3.8) is 0 Å². The lowest BCUT2D eigenvalue weighted by atomic mass is 9.93. The first kappa shape index (κ1) is 26.1. The predicted molar refractivity (Wildman–Crippen MR) is 138 cm³/mol. The molecule has 1 amide bonds. The second kappa shape index (κ2) is 10.6. The van der Waals surface area contributed by atoms with E-state index in [4.69, 9.17) is 23.2 Å². The van der Waals surface area contributed by atoms with Gasteiger partial charge in [0.05, 0.1) is 17.6 Å². The van der Waals surface area contributed by atoms with E-state index in [0.29, 0.717) is 19.4 Å². The SMILES string of the molecule is CC[C@H](C)N(CC(=O)N1CCc2sccc2[C@H]1c1ccc(F)cc1)S(=O)(=O)c1cc(Cl)ccc1Cl. The highest BCUT2D eigenvalue weighted by Crippen LogP contribution is 2.38. The van der Waals surface area contributed by atoms with E-state index in [1.54, 1.807) is 35.3 Å². The maximum Gasteiger partial charge on any atom is 0.245 e. The fourth-order valence-electron chi connectivity index (χ4n) is 4.30. The zero-order valence-electron chi connectivity index (χ0n) is 19.2. The van der Waals surface area contributed by atoms with Crippen LogP contribution in [0.15, 0.2) is 58.8 Å². The fraction of sp³-hybridized carbons (Fsp3) is 0.320. The van der Waals surface area contributed by atoms with E-state index in [1.807, 2.05) is 18.4 Å². The molecule has 0 fully saturated rings. The van der Waals surface area contributed by atoms with E-state index in [2.05, 4.69) is 0 Å². The molecule has 0 saturated heterocycles. The van der Waals surface area contributed by atoms with Gasteiger partial charge in [0.1, 0.15) is 10.7 Å². The lowest BCUT2D eigenvalue weighted by Crippen LogP contribution is -2.49. The van der Waals surface area contributed by atoms with Gasteiger partial charge in [-0.05, 0) is 72.7 Å². The number of benzene rings is 2. The zero-order valence-corrected chi connectivity index (χ0v) is 22.4. The number of carbonyl (C=O) groups is 1. The van der Waals surface area contributed by atoms with Crippen molar-refractivity contribution in [3.8, 4) is 0 Å². The summed E-state index contributed by atoms with van der Waals surface area (Å²) in [6.45, 7) is 3.70. The number of hydrogen-bond acceptors (Lipinski definition) is 4. The number of hydrogen-bond donors (Lipinski definition) is 0. The molecule has 0 radical (unpaired) electrons. The summed E-state index contributed by atoms with van der Waals surface area (Å²) in [4.78, 5) is 16.5. The minimum absolute atomic E-state index is 0.0419. The molecule has 4 rings (SSSR count). The Morgan fingerprint density at radius 2 is 1.91 bits per heavy atom. The predicted octanol–water partition coefficient (Wildman–Crippen LogP) is 6.16. The molecule has 2 heterocycles. The topological polar surface area (TPSA) is 57.7 Å². The maximum atomic E-state index is 13.7. The van der Waals surface area contributed by atoms with Gasteiger partial charge in [0.25, 0.3) is 0 Å². The molecule has 0 spiro atoms. The van der Waals surface area contributed by atoms with Gasteiger partial charge in [-0.3, -0.25) is 4.79 Å². The molecule has 0 bridgehead atoms. The quantitative estimate of drug-likeness (QED) is 0.351. The summed E-state index contributed by atoms with van der Waals surface area (Å²) in [6.07, 6.45) is 1.17. The Labute approximate surface area is 219 Å². The van der Waals surface area contributed by atoms with Crippen LogP contribution in [0, 0.1) is 5.82 Å². The van der Waals surface area contributed by atoms with Crippen LogP contribution in [-0.2, 0) is 21.2 Å². The summed E-state index contributed by atoms with van der Waals surface area (Å²) < 4.78 is 42.1. The summed E-state index contributed by atoms with van der Waals surface area (Å²) in [5, 5.41) is 2.26. The molecule has 186 valence electrons. The van der Waals surface area contributed by atoms with Crippen molar-refractivity contribution < 1.29 is 17.6 Å². The Hall–Kier alpha value is -1.97. The number of rotatable bonds is 7. The third kappa shape index (κ3) is 5.27. The van der Waals surface area contributed by atoms with Crippen LogP contribution in [0.3, 0.4) is 0 Å². The Morgan fingerprint density at radius 1 is 1.20 bits per heavy atom. The molecule has 1 aliphatic heterocycles. The van der Waals surface area contributed by atoms with Gasteiger partial charge in [-0.25, -0.2) is 12.8 Å². The number of carbonyl (C=O) groups excluding carboxylic acids is 1. The number of sulfonamides is 1. The Morgan fingerprint density at radius 3 is 2.60 bits per heavy atom. The summed E-state index contributed by atoms with van der Waals surface area (Å²) in [5.74, 6) is -0.696. The van der Waals surface area contributed by atoms with E-state index in [1.165, 1.54) is 39.5 Å². The number of amides is 1. The van der Waals surface area contributed by atoms with Crippen molar-refractivity contribution in [2.75, 3.05) is 13.1 Å². The highest BCUT2D eigenvalue weighted by Gasteiger charge is 2.37. The van der Waals surface area contributed by atoms with Gasteiger partial charge in [0.15, 0.2) is 0 Å². The van der Waals surface area contributed by atoms with E-state index in [9.17, 15) is 17.6 Å². The lowest BCUT2D eigenvalue weighted by molar-refractivity contribution is -0.133. The number of fused-ring (bicyclic) bond motifs is 1. The van der Waals surface area contributed by atoms with E-state index < -0.39 is 22.1 Å². The van der Waals surface area contributed by atoms with Crippen LogP contribution >= 0.6 is 34.5 Å². The van der Waals surface area contributed by atoms with Crippen molar-refractivity contribution >= 4 is 50.5 Å². The van der Waals surface area contributed by atoms with E-state index >= 15 is 0 Å². The average Bonchev–Trinajstić information content (AvgIpc) is 3.32. The molecule has 0 aliphatic carbocycles. The van der Waals surface area contributed by atoms with Crippen molar-refractivity contribution in [2.24, 2.45) is 0 Å². The van der Waals surface area contributed by atoms with Crippen LogP contribution in [0.4, 0.5) is 4.39 Å². The Bertz CT molecular complexity index is 1330. The summed E-state index contributed by atoms with van der Waals surface area (Å²) >= 11 is 13.9. The van der Waals surface area contributed by atoms with Crippen molar-refractivity contribution in [1.29, 1.82) is 0 Å². The molecule has 2 atom stereocenters. The van der Waals surface area contributed by atoms with Crippen LogP contribution in [-0.4, -0.2) is 42.7 Å². The van der Waals surface area contributed by atoms with Crippen LogP contribution in [0.5, 0.6) is 0 Å². The van der Waals surface area contributed by atoms with Gasteiger partial charge in [0.2, 0.25) is 15.9 Å². The average molecular weight is 556 g/mol. The van der Waals surface area contributed by atoms with Crippen molar-refractivity contribution in [1.82, 2.24) is 9.21 Å². The van der Waals surface area contributed by atoms with Gasteiger partial charge in [-0.15, -0.1) is 11.3 Å². The minimum atomic E-state index is -4.11. The second-order valence-electron chi connectivity index (χ2n) is 8.47. The highest BCUT2D eigenvalue weighted by atomic mass is 35.5. The monoisotopic (exact) mass is 554 g/mol. The number of nitrogens with zero attached hydrogens (tertiary/aromatic N) is 2. The lowest BCUT2D eigenvalue weighted by Gasteiger charge is -2.38. The first-order valence-corrected chi connectivity index (χ1v) is 14.3. The number of halogens is 3. The maximum absolute atomic E-state index is 13.7. The summed E-state index contributed by atoms with van der Waals surface area (Å²) in [7, 11) is -4.11. The second-order valence-corrected chi connectivity index (χ2v) is 12.2. The van der Waals surface area contributed by atoms with Crippen LogP contribution in [0.1, 0.15) is 42.3 Å². The molecule has 0 N–H and O–H groups in total. The van der Waals surface area contributed by atoms with Crippen LogP contribution in [0.2, 0.25) is 10.0 Å². The van der Waals surface area contributed by atoms with Crippen molar-refractivity contribution in [3.05, 3.63) is 85.8 Å². The molecule has 10 heteroatoms. The van der Waals surface area contributed by atoms with Crippen molar-refractivity contribution in [2.45, 2.75) is 43.7 Å². The van der Waals surface area contributed by atoms with Gasteiger partial charge in [-0.1, -0.05) is 42.3 Å². The van der Waals surface area contributed by atoms with Gasteiger partial charge < -0.3 is 4.90 Å². The molecule has 0 unspecified atom stereocenters. The Balaban J connectivity index is 1.70. The normalized spacial score (nSPS) is 16.9. The smallest absolute Gasteiger partial charge is 0.245 e. The minimum Gasteiger partial charge on any atom is -0.330 e. The molecule has 0 saturated carbocycles. The standard InChI is InChI=1S/C25H25Cl2FN2O3S2/c1-3-16(2)30(35(32,33)23-14-18(26)6-9-21(23)27)15-24(31)29-12-10-22-20(11-13-34-22)25(29)17-4-7-19(28)8-5-17/h4-9,11,13-14,16,25H,3,10,12,15H2,1-2H3/t16-,25+/m0/s1. The molecule has 5 nitrogen and oxygen atoms in total. The van der Waals surface area contributed by atoms with Crippen LogP contribution in [0.25, 0.3) is 0 Å². The highest BCUT2D eigenvalue weighted by molar-refractivity contribution is 7.89. The molecular formula is C25H25Cl2FN2O3S2. The Kier molecular flexibility index (Phi) is 7.88. The molecule has 35 heavy (non-hydrogen) atoms. The third-order valence-electron chi connectivity index (χ3n) is 6.33. The van der Waals surface area contributed by atoms with Gasteiger partial charge >= 0.3 is 0 Å². The fourth-order valence-corrected chi connectivity index (χ4v) is 7.59. The number of thiophene rings is 1. The summed E-state index contributed by atoms with van der Waals surface area (Å²) in [6, 6.07) is 11.4.